The van der Waals surface area contributed by atoms with Crippen LogP contribution in [0.5, 0.6) is 0 Å². The van der Waals surface area contributed by atoms with Crippen LogP contribution in [0, 0.1) is 0 Å². The summed E-state index contributed by atoms with van der Waals surface area (Å²) in [6.07, 6.45) is 4.89. The summed E-state index contributed by atoms with van der Waals surface area (Å²) in [7, 11) is 0.800. The molecule has 6 heteroatoms. The summed E-state index contributed by atoms with van der Waals surface area (Å²) in [6.45, 7) is 5.03. The SMILES string of the molecule is CCCCCC(C)NC(=NC)NCCS(=O)c1ccccc1.I. The summed E-state index contributed by atoms with van der Waals surface area (Å²) < 4.78 is 12.1. The fourth-order valence-corrected chi connectivity index (χ4v) is 3.14. The van der Waals surface area contributed by atoms with Crippen LogP contribution in [0.25, 0.3) is 0 Å². The van der Waals surface area contributed by atoms with Crippen molar-refractivity contribution in [1.29, 1.82) is 0 Å². The smallest absolute Gasteiger partial charge is 0.191 e. The minimum Gasteiger partial charge on any atom is -0.355 e. The molecule has 0 saturated carbocycles. The van der Waals surface area contributed by atoms with Crippen molar-refractivity contribution >= 4 is 40.7 Å². The molecule has 132 valence electrons. The summed E-state index contributed by atoms with van der Waals surface area (Å²) in [5.41, 5.74) is 0. The first-order valence-electron chi connectivity index (χ1n) is 8.08. The molecule has 0 aromatic heterocycles. The van der Waals surface area contributed by atoms with E-state index in [-0.39, 0.29) is 24.0 Å². The van der Waals surface area contributed by atoms with Gasteiger partial charge in [-0.25, -0.2) is 0 Å². The number of unbranched alkanes of at least 4 members (excludes halogenated alkanes) is 2. The number of aliphatic imine (C=N–C) groups is 1. The average molecular weight is 451 g/mol. The van der Waals surface area contributed by atoms with Gasteiger partial charge in [-0.15, -0.1) is 24.0 Å². The first-order chi connectivity index (χ1) is 10.7. The zero-order chi connectivity index (χ0) is 16.2. The van der Waals surface area contributed by atoms with Gasteiger partial charge in [-0.2, -0.15) is 0 Å². The number of rotatable bonds is 9. The molecular formula is C17H30IN3OS. The zero-order valence-electron chi connectivity index (χ0n) is 14.4. The van der Waals surface area contributed by atoms with E-state index in [0.717, 1.165) is 17.3 Å². The predicted molar refractivity (Wildman–Crippen MR) is 111 cm³/mol. The average Bonchev–Trinajstić information content (AvgIpc) is 2.54. The molecule has 2 atom stereocenters. The van der Waals surface area contributed by atoms with Crippen LogP contribution in [0.2, 0.25) is 0 Å². The maximum Gasteiger partial charge on any atom is 0.191 e. The molecule has 1 aromatic carbocycles. The Morgan fingerprint density at radius 1 is 1.26 bits per heavy atom. The highest BCUT2D eigenvalue weighted by atomic mass is 127. The fraction of sp³-hybridized carbons (Fsp3) is 0.588. The number of nitrogens with one attached hydrogen (secondary N) is 2. The van der Waals surface area contributed by atoms with Crippen molar-refractivity contribution in [2.24, 2.45) is 4.99 Å². The summed E-state index contributed by atoms with van der Waals surface area (Å²) in [4.78, 5) is 5.10. The molecule has 0 saturated heterocycles. The van der Waals surface area contributed by atoms with Crippen LogP contribution in [0.1, 0.15) is 39.5 Å². The standard InChI is InChI=1S/C17H29N3OS.HI/c1-4-5-7-10-15(2)20-17(18-3)19-13-14-22(21)16-11-8-6-9-12-16;/h6,8-9,11-12,15H,4-5,7,10,13-14H2,1-3H3,(H2,18,19,20);1H. The third-order valence-electron chi connectivity index (χ3n) is 3.43. The van der Waals surface area contributed by atoms with Gasteiger partial charge in [0.25, 0.3) is 0 Å². The van der Waals surface area contributed by atoms with Gasteiger partial charge in [0.1, 0.15) is 0 Å². The number of guanidine groups is 1. The van der Waals surface area contributed by atoms with Crippen LogP contribution >= 0.6 is 24.0 Å². The molecule has 0 aliphatic carbocycles. The quantitative estimate of drug-likeness (QED) is 0.261. The van der Waals surface area contributed by atoms with Crippen molar-refractivity contribution < 1.29 is 4.21 Å². The number of halogens is 1. The van der Waals surface area contributed by atoms with Gasteiger partial charge in [-0.05, 0) is 25.5 Å². The van der Waals surface area contributed by atoms with Gasteiger partial charge in [0.15, 0.2) is 5.96 Å². The Morgan fingerprint density at radius 2 is 1.96 bits per heavy atom. The third-order valence-corrected chi connectivity index (χ3v) is 4.81. The van der Waals surface area contributed by atoms with Crippen molar-refractivity contribution in [2.75, 3.05) is 19.3 Å². The van der Waals surface area contributed by atoms with E-state index in [0.29, 0.717) is 18.3 Å². The molecule has 1 aromatic rings. The van der Waals surface area contributed by atoms with Crippen molar-refractivity contribution in [3.63, 3.8) is 0 Å². The van der Waals surface area contributed by atoms with Crippen LogP contribution in [0.3, 0.4) is 0 Å². The van der Waals surface area contributed by atoms with E-state index >= 15 is 0 Å². The topological polar surface area (TPSA) is 53.5 Å². The van der Waals surface area contributed by atoms with Crippen LogP contribution in [0.15, 0.2) is 40.2 Å². The molecule has 2 N–H and O–H groups in total. The Hall–Kier alpha value is -0.630. The molecule has 0 amide bonds. The van der Waals surface area contributed by atoms with Gasteiger partial charge in [-0.3, -0.25) is 9.20 Å². The van der Waals surface area contributed by atoms with Crippen LogP contribution in [-0.4, -0.2) is 35.6 Å². The highest BCUT2D eigenvalue weighted by molar-refractivity contribution is 14.0. The van der Waals surface area contributed by atoms with E-state index in [1.54, 1.807) is 7.05 Å². The molecule has 0 aliphatic rings. The fourth-order valence-electron chi connectivity index (χ4n) is 2.15. The summed E-state index contributed by atoms with van der Waals surface area (Å²) in [6, 6.07) is 9.97. The minimum absolute atomic E-state index is 0. The summed E-state index contributed by atoms with van der Waals surface area (Å²) in [5.74, 6) is 1.36. The normalized spacial score (nSPS) is 13.8. The summed E-state index contributed by atoms with van der Waals surface area (Å²) >= 11 is 0. The number of benzene rings is 1. The molecule has 0 fully saturated rings. The Labute approximate surface area is 160 Å². The second-order valence-electron chi connectivity index (χ2n) is 5.40. The Morgan fingerprint density at radius 3 is 2.57 bits per heavy atom. The van der Waals surface area contributed by atoms with Crippen LogP contribution in [-0.2, 0) is 10.8 Å². The second kappa shape index (κ2) is 13.8. The maximum atomic E-state index is 12.1. The lowest BCUT2D eigenvalue weighted by Crippen LogP contribution is -2.43. The molecule has 0 radical (unpaired) electrons. The van der Waals surface area contributed by atoms with E-state index in [4.69, 9.17) is 0 Å². The third kappa shape index (κ3) is 9.96. The number of hydrogen-bond acceptors (Lipinski definition) is 2. The lowest BCUT2D eigenvalue weighted by molar-refractivity contribution is 0.547. The zero-order valence-corrected chi connectivity index (χ0v) is 17.5. The lowest BCUT2D eigenvalue weighted by Gasteiger charge is -2.17. The molecule has 23 heavy (non-hydrogen) atoms. The largest absolute Gasteiger partial charge is 0.355 e. The Bertz CT molecular complexity index is 468. The van der Waals surface area contributed by atoms with Gasteiger partial charge < -0.3 is 10.6 Å². The number of nitrogens with zero attached hydrogens (tertiary/aromatic N) is 1. The van der Waals surface area contributed by atoms with Crippen molar-refractivity contribution in [3.05, 3.63) is 30.3 Å². The molecule has 0 aliphatic heterocycles. The molecule has 1 rings (SSSR count). The maximum absolute atomic E-state index is 12.1. The lowest BCUT2D eigenvalue weighted by atomic mass is 10.1. The van der Waals surface area contributed by atoms with Gasteiger partial charge >= 0.3 is 0 Å². The van der Waals surface area contributed by atoms with E-state index in [1.165, 1.54) is 19.3 Å². The first kappa shape index (κ1) is 22.4. The highest BCUT2D eigenvalue weighted by Crippen LogP contribution is 2.05. The minimum atomic E-state index is -0.966. The van der Waals surface area contributed by atoms with Crippen molar-refractivity contribution in [3.8, 4) is 0 Å². The molecule has 2 unspecified atom stereocenters. The molecule has 0 bridgehead atoms. The van der Waals surface area contributed by atoms with Gasteiger partial charge in [-0.1, -0.05) is 44.4 Å². The van der Waals surface area contributed by atoms with Crippen LogP contribution < -0.4 is 10.6 Å². The number of hydrogen-bond donors (Lipinski definition) is 2. The Balaban J connectivity index is 0.00000484. The molecule has 4 nitrogen and oxygen atoms in total. The van der Waals surface area contributed by atoms with Gasteiger partial charge in [0.05, 0.1) is 10.8 Å². The second-order valence-corrected chi connectivity index (χ2v) is 6.97. The highest BCUT2D eigenvalue weighted by Gasteiger charge is 2.06. The van der Waals surface area contributed by atoms with E-state index in [2.05, 4.69) is 29.5 Å². The van der Waals surface area contributed by atoms with E-state index < -0.39 is 10.8 Å². The molecule has 0 spiro atoms. The first-order valence-corrected chi connectivity index (χ1v) is 9.39. The Kier molecular flexibility index (Phi) is 13.4. The summed E-state index contributed by atoms with van der Waals surface area (Å²) in [5, 5.41) is 6.62. The van der Waals surface area contributed by atoms with Crippen LogP contribution in [0.4, 0.5) is 0 Å². The molecule has 0 heterocycles. The van der Waals surface area contributed by atoms with E-state index in [9.17, 15) is 4.21 Å². The monoisotopic (exact) mass is 451 g/mol. The van der Waals surface area contributed by atoms with Gasteiger partial charge in [0, 0.05) is 30.3 Å². The predicted octanol–water partition coefficient (Wildman–Crippen LogP) is 3.55. The van der Waals surface area contributed by atoms with Gasteiger partial charge in [0.2, 0.25) is 0 Å². The molecular weight excluding hydrogens is 421 g/mol. The van der Waals surface area contributed by atoms with Crippen molar-refractivity contribution in [1.82, 2.24) is 10.6 Å². The van der Waals surface area contributed by atoms with E-state index in [1.807, 2.05) is 30.3 Å². The van der Waals surface area contributed by atoms with Crippen molar-refractivity contribution in [2.45, 2.75) is 50.5 Å².